The zero-order chi connectivity index (χ0) is 11.1. The molecule has 0 fully saturated rings. The Morgan fingerprint density at radius 1 is 1.73 bits per heavy atom. The summed E-state index contributed by atoms with van der Waals surface area (Å²) < 4.78 is 4.91. The molecule has 0 aliphatic rings. The van der Waals surface area contributed by atoms with Gasteiger partial charge in [-0.3, -0.25) is 5.10 Å². The molecule has 0 bridgehead atoms. The van der Waals surface area contributed by atoms with Crippen LogP contribution in [0, 0.1) is 0 Å². The van der Waals surface area contributed by atoms with Crippen molar-refractivity contribution in [2.24, 2.45) is 0 Å². The second kappa shape index (κ2) is 6.31. The van der Waals surface area contributed by atoms with Crippen molar-refractivity contribution < 1.29 is 4.74 Å². The molecule has 0 aliphatic heterocycles. The lowest BCUT2D eigenvalue weighted by atomic mass is 10.5. The molecule has 0 aliphatic carbocycles. The number of rotatable bonds is 5. The largest absolute Gasteiger partial charge is 0.383 e. The molecule has 0 atom stereocenters. The molecule has 6 nitrogen and oxygen atoms in total. The summed E-state index contributed by atoms with van der Waals surface area (Å²) >= 11 is 5.16. The molecule has 0 aromatic carbocycles. The molecule has 2 N–H and O–H groups in total. The SMILES string of the molecule is COCCNC(=S)N(C)Cc1ncn[nH]1. The number of methoxy groups -OCH3 is 1. The second-order valence-corrected chi connectivity index (χ2v) is 3.40. The van der Waals surface area contributed by atoms with Crippen LogP contribution in [0.25, 0.3) is 0 Å². The van der Waals surface area contributed by atoms with Crippen molar-refractivity contribution in [3.63, 3.8) is 0 Å². The maximum atomic E-state index is 5.16. The van der Waals surface area contributed by atoms with E-state index in [1.54, 1.807) is 7.11 Å². The third-order valence-corrected chi connectivity index (χ3v) is 2.24. The minimum absolute atomic E-state index is 0.610. The molecule has 1 rings (SSSR count). The summed E-state index contributed by atoms with van der Waals surface area (Å²) in [5.41, 5.74) is 0. The first-order valence-electron chi connectivity index (χ1n) is 4.56. The number of nitrogens with zero attached hydrogens (tertiary/aromatic N) is 3. The molecule has 0 unspecified atom stereocenters. The van der Waals surface area contributed by atoms with Gasteiger partial charge >= 0.3 is 0 Å². The fourth-order valence-electron chi connectivity index (χ4n) is 0.998. The molecule has 0 saturated heterocycles. The van der Waals surface area contributed by atoms with Gasteiger partial charge in [0, 0.05) is 20.7 Å². The lowest BCUT2D eigenvalue weighted by molar-refractivity contribution is 0.203. The van der Waals surface area contributed by atoms with E-state index in [-0.39, 0.29) is 0 Å². The predicted molar refractivity (Wildman–Crippen MR) is 60.3 cm³/mol. The van der Waals surface area contributed by atoms with Gasteiger partial charge in [-0.05, 0) is 12.2 Å². The minimum Gasteiger partial charge on any atom is -0.383 e. The molecule has 0 saturated carbocycles. The first-order chi connectivity index (χ1) is 7.24. The minimum atomic E-state index is 0.610. The van der Waals surface area contributed by atoms with E-state index in [4.69, 9.17) is 17.0 Å². The summed E-state index contributed by atoms with van der Waals surface area (Å²) in [6.07, 6.45) is 1.48. The first kappa shape index (κ1) is 11.9. The highest BCUT2D eigenvalue weighted by Crippen LogP contribution is 1.94. The summed E-state index contributed by atoms with van der Waals surface area (Å²) in [7, 11) is 3.55. The lowest BCUT2D eigenvalue weighted by Gasteiger charge is -2.19. The van der Waals surface area contributed by atoms with Gasteiger partial charge in [-0.1, -0.05) is 0 Å². The molecular formula is C8H15N5OS. The van der Waals surface area contributed by atoms with Crippen molar-refractivity contribution in [1.29, 1.82) is 0 Å². The van der Waals surface area contributed by atoms with E-state index >= 15 is 0 Å². The van der Waals surface area contributed by atoms with Gasteiger partial charge in [0.25, 0.3) is 0 Å². The standard InChI is InChI=1S/C8H15N5OS/c1-13(5-7-10-6-11-12-7)8(15)9-3-4-14-2/h6H,3-5H2,1-2H3,(H,9,15)(H,10,11,12). The molecule has 1 aromatic heterocycles. The topological polar surface area (TPSA) is 66.1 Å². The number of thiocarbonyl (C=S) groups is 1. The highest BCUT2D eigenvalue weighted by Gasteiger charge is 2.05. The van der Waals surface area contributed by atoms with Crippen LogP contribution >= 0.6 is 12.2 Å². The Hall–Kier alpha value is -1.21. The zero-order valence-corrected chi connectivity index (χ0v) is 9.67. The van der Waals surface area contributed by atoms with Crippen molar-refractivity contribution in [2.45, 2.75) is 6.54 Å². The molecule has 1 heterocycles. The molecule has 84 valence electrons. The number of nitrogens with one attached hydrogen (secondary N) is 2. The molecule has 0 radical (unpaired) electrons. The maximum absolute atomic E-state index is 5.16. The van der Waals surface area contributed by atoms with E-state index in [0.717, 1.165) is 5.82 Å². The van der Waals surface area contributed by atoms with Crippen LogP contribution in [-0.2, 0) is 11.3 Å². The molecule has 7 heteroatoms. The summed E-state index contributed by atoms with van der Waals surface area (Å²) in [5.74, 6) is 0.786. The average molecular weight is 229 g/mol. The van der Waals surface area contributed by atoms with Crippen LogP contribution in [0.2, 0.25) is 0 Å². The van der Waals surface area contributed by atoms with E-state index in [0.29, 0.717) is 24.8 Å². The molecular weight excluding hydrogens is 214 g/mol. The van der Waals surface area contributed by atoms with Crippen molar-refractivity contribution in [2.75, 3.05) is 27.3 Å². The predicted octanol–water partition coefficient (Wildman–Crippen LogP) is -0.243. The molecule has 0 amide bonds. The number of hydrogen-bond donors (Lipinski definition) is 2. The van der Waals surface area contributed by atoms with Crippen LogP contribution < -0.4 is 5.32 Å². The van der Waals surface area contributed by atoms with Crippen molar-refractivity contribution in [3.05, 3.63) is 12.2 Å². The fourth-order valence-corrected chi connectivity index (χ4v) is 1.17. The number of H-pyrrole nitrogens is 1. The van der Waals surface area contributed by atoms with Crippen LogP contribution in [-0.4, -0.2) is 52.5 Å². The Morgan fingerprint density at radius 3 is 3.13 bits per heavy atom. The maximum Gasteiger partial charge on any atom is 0.169 e. The van der Waals surface area contributed by atoms with Gasteiger partial charge in [0.15, 0.2) is 5.11 Å². The summed E-state index contributed by atoms with van der Waals surface area (Å²) in [6.45, 7) is 1.95. The first-order valence-corrected chi connectivity index (χ1v) is 4.97. The normalized spacial score (nSPS) is 10.0. The van der Waals surface area contributed by atoms with E-state index in [1.165, 1.54) is 6.33 Å². The van der Waals surface area contributed by atoms with Gasteiger partial charge in [-0.25, -0.2) is 4.98 Å². The zero-order valence-electron chi connectivity index (χ0n) is 8.86. The fraction of sp³-hybridized carbons (Fsp3) is 0.625. The van der Waals surface area contributed by atoms with E-state index in [9.17, 15) is 0 Å². The number of hydrogen-bond acceptors (Lipinski definition) is 4. The van der Waals surface area contributed by atoms with Crippen molar-refractivity contribution >= 4 is 17.3 Å². The Balaban J connectivity index is 2.27. The van der Waals surface area contributed by atoms with Crippen LogP contribution in [0.5, 0.6) is 0 Å². The molecule has 1 aromatic rings. The number of ether oxygens (including phenoxy) is 1. The Morgan fingerprint density at radius 2 is 2.53 bits per heavy atom. The second-order valence-electron chi connectivity index (χ2n) is 3.01. The Labute approximate surface area is 94.0 Å². The third-order valence-electron chi connectivity index (χ3n) is 1.78. The van der Waals surface area contributed by atoms with Crippen LogP contribution in [0.15, 0.2) is 6.33 Å². The summed E-state index contributed by atoms with van der Waals surface area (Å²) in [4.78, 5) is 5.90. The lowest BCUT2D eigenvalue weighted by Crippen LogP contribution is -2.38. The number of aromatic amines is 1. The van der Waals surface area contributed by atoms with Gasteiger partial charge in [0.1, 0.15) is 12.2 Å². The van der Waals surface area contributed by atoms with Crippen LogP contribution in [0.1, 0.15) is 5.82 Å². The highest BCUT2D eigenvalue weighted by atomic mass is 32.1. The van der Waals surface area contributed by atoms with E-state index < -0.39 is 0 Å². The summed E-state index contributed by atoms with van der Waals surface area (Å²) in [6, 6.07) is 0. The van der Waals surface area contributed by atoms with Gasteiger partial charge in [-0.2, -0.15) is 5.10 Å². The number of aromatic nitrogens is 3. The van der Waals surface area contributed by atoms with Gasteiger partial charge in [0.05, 0.1) is 13.2 Å². The van der Waals surface area contributed by atoms with Crippen molar-refractivity contribution in [1.82, 2.24) is 25.4 Å². The monoisotopic (exact) mass is 229 g/mol. The smallest absolute Gasteiger partial charge is 0.169 e. The Kier molecular flexibility index (Phi) is 4.99. The van der Waals surface area contributed by atoms with Crippen LogP contribution in [0.4, 0.5) is 0 Å². The van der Waals surface area contributed by atoms with Crippen LogP contribution in [0.3, 0.4) is 0 Å². The Bertz CT molecular complexity index is 289. The van der Waals surface area contributed by atoms with E-state index in [2.05, 4.69) is 20.5 Å². The quantitative estimate of drug-likeness (QED) is 0.536. The highest BCUT2D eigenvalue weighted by molar-refractivity contribution is 7.80. The van der Waals surface area contributed by atoms with Gasteiger partial charge in [0.2, 0.25) is 0 Å². The molecule has 0 spiro atoms. The summed E-state index contributed by atoms with van der Waals surface area (Å²) in [5, 5.41) is 10.3. The van der Waals surface area contributed by atoms with Gasteiger partial charge < -0.3 is 15.0 Å². The molecule has 15 heavy (non-hydrogen) atoms. The van der Waals surface area contributed by atoms with E-state index in [1.807, 2.05) is 11.9 Å². The van der Waals surface area contributed by atoms with Crippen molar-refractivity contribution in [3.8, 4) is 0 Å². The third kappa shape index (κ3) is 4.22. The van der Waals surface area contributed by atoms with Gasteiger partial charge in [-0.15, -0.1) is 0 Å². The average Bonchev–Trinajstić information content (AvgIpc) is 2.70.